The lowest BCUT2D eigenvalue weighted by atomic mass is 9.90. The Morgan fingerprint density at radius 1 is 1.47 bits per heavy atom. The summed E-state index contributed by atoms with van der Waals surface area (Å²) < 4.78 is 6.73. The molecule has 0 amide bonds. The summed E-state index contributed by atoms with van der Waals surface area (Å²) in [6.45, 7) is 3.09. The fourth-order valence-electron chi connectivity index (χ4n) is 2.82. The highest BCUT2D eigenvalue weighted by Gasteiger charge is 2.42. The van der Waals surface area contributed by atoms with Gasteiger partial charge in [-0.1, -0.05) is 31.4 Å². The van der Waals surface area contributed by atoms with E-state index in [9.17, 15) is 0 Å². The molecule has 96 valence electrons. The second kappa shape index (κ2) is 5.70. The molecular formula is C13H20ClNOS. The van der Waals surface area contributed by atoms with Crippen molar-refractivity contribution in [3.05, 3.63) is 21.3 Å². The molecule has 1 unspecified atom stereocenters. The molecule has 1 aliphatic carbocycles. The summed E-state index contributed by atoms with van der Waals surface area (Å²) in [5.41, 5.74) is -0.0375. The molecule has 1 heterocycles. The maximum Gasteiger partial charge on any atom is 0.0931 e. The van der Waals surface area contributed by atoms with Crippen LogP contribution in [0.1, 0.15) is 43.5 Å². The summed E-state index contributed by atoms with van der Waals surface area (Å²) in [6, 6.07) is 4.38. The molecule has 2 rings (SSSR count). The van der Waals surface area contributed by atoms with E-state index in [0.717, 1.165) is 23.7 Å². The Morgan fingerprint density at radius 3 is 2.65 bits per heavy atom. The Bertz CT molecular complexity index is 360. The van der Waals surface area contributed by atoms with Gasteiger partial charge < -0.3 is 10.1 Å². The van der Waals surface area contributed by atoms with Gasteiger partial charge in [0.05, 0.1) is 16.0 Å². The van der Waals surface area contributed by atoms with Gasteiger partial charge in [-0.05, 0) is 31.5 Å². The molecule has 1 aromatic heterocycles. The first-order valence-electron chi connectivity index (χ1n) is 6.25. The number of ether oxygens (including phenoxy) is 1. The molecule has 4 heteroatoms. The van der Waals surface area contributed by atoms with Crippen molar-refractivity contribution in [1.82, 2.24) is 5.32 Å². The molecule has 1 saturated carbocycles. The lowest BCUT2D eigenvalue weighted by Crippen LogP contribution is -2.43. The van der Waals surface area contributed by atoms with E-state index in [0.29, 0.717) is 0 Å². The number of halogens is 1. The number of thiophene rings is 1. The van der Waals surface area contributed by atoms with Gasteiger partial charge in [0.15, 0.2) is 0 Å². The van der Waals surface area contributed by atoms with Crippen molar-refractivity contribution in [3.8, 4) is 0 Å². The van der Waals surface area contributed by atoms with E-state index in [2.05, 4.69) is 18.3 Å². The number of rotatable bonds is 5. The van der Waals surface area contributed by atoms with Gasteiger partial charge in [0.25, 0.3) is 0 Å². The molecule has 0 aliphatic heterocycles. The summed E-state index contributed by atoms with van der Waals surface area (Å²) in [4.78, 5) is 1.29. The molecule has 17 heavy (non-hydrogen) atoms. The Kier molecular flexibility index (Phi) is 4.47. The van der Waals surface area contributed by atoms with Gasteiger partial charge in [-0.25, -0.2) is 0 Å². The zero-order chi connectivity index (χ0) is 12.3. The quantitative estimate of drug-likeness (QED) is 0.875. The van der Waals surface area contributed by atoms with Crippen LogP contribution in [0, 0.1) is 0 Å². The van der Waals surface area contributed by atoms with Gasteiger partial charge in [0, 0.05) is 12.0 Å². The molecule has 1 N–H and O–H groups in total. The number of likely N-dealkylation sites (N-methyl/N-ethyl adjacent to an activating group) is 1. The van der Waals surface area contributed by atoms with Gasteiger partial charge in [-0.15, -0.1) is 11.3 Å². The van der Waals surface area contributed by atoms with E-state index in [1.54, 1.807) is 11.3 Å². The minimum absolute atomic E-state index is 0.0375. The zero-order valence-corrected chi connectivity index (χ0v) is 12.0. The van der Waals surface area contributed by atoms with Crippen molar-refractivity contribution >= 4 is 22.9 Å². The molecule has 1 aromatic rings. The second-order valence-electron chi connectivity index (χ2n) is 4.61. The third kappa shape index (κ3) is 2.68. The molecule has 2 nitrogen and oxygen atoms in total. The standard InChI is InChI=1S/C13H20ClNOS/c1-3-15-12(10-6-7-11(14)17-10)13(16-2)8-4-5-9-13/h6-7,12,15H,3-5,8-9H2,1-2H3. The van der Waals surface area contributed by atoms with Crippen LogP contribution in [0.4, 0.5) is 0 Å². The molecule has 1 atom stereocenters. The maximum absolute atomic E-state index is 6.05. The summed E-state index contributed by atoms with van der Waals surface area (Å²) >= 11 is 7.71. The normalized spacial score (nSPS) is 20.6. The predicted octanol–water partition coefficient (Wildman–Crippen LogP) is 4.01. The van der Waals surface area contributed by atoms with Crippen molar-refractivity contribution in [2.75, 3.05) is 13.7 Å². The van der Waals surface area contributed by atoms with Gasteiger partial charge in [0.1, 0.15) is 0 Å². The largest absolute Gasteiger partial charge is 0.376 e. The first kappa shape index (κ1) is 13.3. The number of hydrogen-bond acceptors (Lipinski definition) is 3. The van der Waals surface area contributed by atoms with Gasteiger partial charge in [0.2, 0.25) is 0 Å². The average molecular weight is 274 g/mol. The maximum atomic E-state index is 6.05. The van der Waals surface area contributed by atoms with Gasteiger partial charge >= 0.3 is 0 Å². The number of nitrogens with one attached hydrogen (secondary N) is 1. The van der Waals surface area contributed by atoms with Crippen LogP contribution >= 0.6 is 22.9 Å². The van der Waals surface area contributed by atoms with E-state index in [1.165, 1.54) is 17.7 Å². The van der Waals surface area contributed by atoms with Crippen molar-refractivity contribution in [3.63, 3.8) is 0 Å². The van der Waals surface area contributed by atoms with Crippen LogP contribution < -0.4 is 5.32 Å². The summed E-state index contributed by atoms with van der Waals surface area (Å²) in [6.07, 6.45) is 4.79. The van der Waals surface area contributed by atoms with Crippen LogP contribution in [-0.4, -0.2) is 19.3 Å². The Balaban J connectivity index is 2.27. The first-order chi connectivity index (χ1) is 8.22. The van der Waals surface area contributed by atoms with Crippen molar-refractivity contribution < 1.29 is 4.74 Å². The third-order valence-corrected chi connectivity index (χ3v) is 4.97. The zero-order valence-electron chi connectivity index (χ0n) is 10.5. The van der Waals surface area contributed by atoms with E-state index in [-0.39, 0.29) is 11.6 Å². The van der Waals surface area contributed by atoms with E-state index >= 15 is 0 Å². The minimum Gasteiger partial charge on any atom is -0.376 e. The van der Waals surface area contributed by atoms with Gasteiger partial charge in [-0.2, -0.15) is 0 Å². The number of methoxy groups -OCH3 is 1. The SMILES string of the molecule is CCNC(c1ccc(Cl)s1)C1(OC)CCCC1. The second-order valence-corrected chi connectivity index (χ2v) is 6.36. The number of hydrogen-bond donors (Lipinski definition) is 1. The van der Waals surface area contributed by atoms with Crippen LogP contribution in [0.3, 0.4) is 0 Å². The monoisotopic (exact) mass is 273 g/mol. The smallest absolute Gasteiger partial charge is 0.0931 e. The first-order valence-corrected chi connectivity index (χ1v) is 7.45. The highest BCUT2D eigenvalue weighted by molar-refractivity contribution is 7.16. The van der Waals surface area contributed by atoms with Crippen LogP contribution in [0.5, 0.6) is 0 Å². The van der Waals surface area contributed by atoms with Crippen molar-refractivity contribution in [2.24, 2.45) is 0 Å². The van der Waals surface area contributed by atoms with E-state index < -0.39 is 0 Å². The average Bonchev–Trinajstić information content (AvgIpc) is 2.95. The fourth-order valence-corrected chi connectivity index (χ4v) is 4.06. The van der Waals surface area contributed by atoms with E-state index in [4.69, 9.17) is 16.3 Å². The molecule has 0 saturated heterocycles. The molecule has 0 aromatic carbocycles. The van der Waals surface area contributed by atoms with Gasteiger partial charge in [-0.3, -0.25) is 0 Å². The molecular weight excluding hydrogens is 254 g/mol. The molecule has 0 bridgehead atoms. The van der Waals surface area contributed by atoms with Crippen LogP contribution in [0.2, 0.25) is 4.34 Å². The third-order valence-electron chi connectivity index (χ3n) is 3.67. The van der Waals surface area contributed by atoms with Crippen molar-refractivity contribution in [1.29, 1.82) is 0 Å². The minimum atomic E-state index is -0.0375. The molecule has 0 spiro atoms. The summed E-state index contributed by atoms with van der Waals surface area (Å²) in [5, 5.41) is 3.57. The van der Waals surface area contributed by atoms with Crippen LogP contribution in [0.15, 0.2) is 12.1 Å². The predicted molar refractivity (Wildman–Crippen MR) is 74.0 cm³/mol. The Hall–Kier alpha value is -0.0900. The van der Waals surface area contributed by atoms with Crippen molar-refractivity contribution in [2.45, 2.75) is 44.2 Å². The topological polar surface area (TPSA) is 21.3 Å². The Morgan fingerprint density at radius 2 is 2.18 bits per heavy atom. The van der Waals surface area contributed by atoms with Crippen LogP contribution in [0.25, 0.3) is 0 Å². The molecule has 0 radical (unpaired) electrons. The summed E-state index contributed by atoms with van der Waals surface area (Å²) in [7, 11) is 1.84. The molecule has 1 fully saturated rings. The summed E-state index contributed by atoms with van der Waals surface area (Å²) in [5.74, 6) is 0. The lowest BCUT2D eigenvalue weighted by Gasteiger charge is -2.36. The van der Waals surface area contributed by atoms with E-state index in [1.807, 2.05) is 13.2 Å². The fraction of sp³-hybridized carbons (Fsp3) is 0.692. The highest BCUT2D eigenvalue weighted by atomic mass is 35.5. The molecule has 1 aliphatic rings. The van der Waals surface area contributed by atoms with Crippen LogP contribution in [-0.2, 0) is 4.74 Å². The Labute approximate surface area is 112 Å². The lowest BCUT2D eigenvalue weighted by molar-refractivity contribution is -0.0354. The highest BCUT2D eigenvalue weighted by Crippen LogP contribution is 2.44.